The van der Waals surface area contributed by atoms with E-state index in [0.29, 0.717) is 12.3 Å². The van der Waals surface area contributed by atoms with Crippen LogP contribution in [-0.2, 0) is 29.7 Å². The number of ether oxygens (including phenoxy) is 1. The highest BCUT2D eigenvalue weighted by Crippen LogP contribution is 2.24. The van der Waals surface area contributed by atoms with Crippen molar-refractivity contribution in [1.82, 2.24) is 14.4 Å². The summed E-state index contributed by atoms with van der Waals surface area (Å²) in [7, 11) is 3.37. The molecule has 0 aliphatic rings. The van der Waals surface area contributed by atoms with Gasteiger partial charge in [-0.05, 0) is 30.3 Å². The highest BCUT2D eigenvalue weighted by Gasteiger charge is 2.25. The molecule has 0 bridgehead atoms. The summed E-state index contributed by atoms with van der Waals surface area (Å²) in [5.74, 6) is -0.224. The minimum atomic E-state index is -0.595. The van der Waals surface area contributed by atoms with Crippen LogP contribution >= 0.6 is 11.6 Å². The minimum Gasteiger partial charge on any atom is -0.467 e. The van der Waals surface area contributed by atoms with Gasteiger partial charge in [0.1, 0.15) is 12.3 Å². The van der Waals surface area contributed by atoms with Gasteiger partial charge in [-0.2, -0.15) is 0 Å². The number of carbonyl (C=O) groups excluding carboxylic acids is 2. The lowest BCUT2D eigenvalue weighted by atomic mass is 10.1. The van der Waals surface area contributed by atoms with Crippen molar-refractivity contribution in [3.8, 4) is 0 Å². The number of hydrogen-bond donors (Lipinski definition) is 0. The van der Waals surface area contributed by atoms with Gasteiger partial charge in [0.15, 0.2) is 0 Å². The summed E-state index contributed by atoms with van der Waals surface area (Å²) in [6, 6.07) is 10.9. The first-order chi connectivity index (χ1) is 16.3. The predicted octanol–water partition coefficient (Wildman–Crippen LogP) is 3.50. The van der Waals surface area contributed by atoms with E-state index >= 15 is 0 Å². The van der Waals surface area contributed by atoms with Crippen molar-refractivity contribution >= 4 is 29.1 Å². The molecule has 0 atom stereocenters. The Morgan fingerprint density at radius 2 is 1.97 bits per heavy atom. The molecule has 2 aromatic heterocycles. The maximum atomic E-state index is 13.4. The van der Waals surface area contributed by atoms with Crippen molar-refractivity contribution in [2.75, 3.05) is 26.8 Å². The molecule has 0 saturated carbocycles. The summed E-state index contributed by atoms with van der Waals surface area (Å²) in [6.45, 7) is 0.628. The van der Waals surface area contributed by atoms with Crippen molar-refractivity contribution in [2.45, 2.75) is 13.1 Å². The van der Waals surface area contributed by atoms with Crippen LogP contribution in [0.1, 0.15) is 21.8 Å². The monoisotopic (exact) mass is 488 g/mol. The number of methoxy groups -OCH3 is 1. The molecule has 10 nitrogen and oxygen atoms in total. The van der Waals surface area contributed by atoms with Gasteiger partial charge in [-0.3, -0.25) is 19.7 Å². The molecule has 0 aliphatic heterocycles. The normalized spacial score (nSPS) is 10.8. The van der Waals surface area contributed by atoms with Crippen LogP contribution in [0.3, 0.4) is 0 Å². The summed E-state index contributed by atoms with van der Waals surface area (Å²) in [6.07, 6.45) is 3.42. The van der Waals surface area contributed by atoms with E-state index in [2.05, 4.69) is 0 Å². The van der Waals surface area contributed by atoms with Crippen LogP contribution in [0.15, 0.2) is 59.3 Å². The van der Waals surface area contributed by atoms with E-state index in [1.54, 1.807) is 17.0 Å². The second-order valence-corrected chi connectivity index (χ2v) is 7.99. The number of carbonyl (C=O) groups is 2. The van der Waals surface area contributed by atoms with Gasteiger partial charge in [0, 0.05) is 44.7 Å². The third kappa shape index (κ3) is 6.24. The molecule has 3 aromatic rings. The first-order valence-electron chi connectivity index (χ1n) is 10.4. The number of furan rings is 1. The molecule has 180 valence electrons. The fourth-order valence-corrected chi connectivity index (χ4v) is 3.61. The van der Waals surface area contributed by atoms with Crippen LogP contribution < -0.4 is 0 Å². The lowest BCUT2D eigenvalue weighted by molar-refractivity contribution is -0.384. The SMILES string of the molecule is COCCN(CC(=O)N(Cc1ccco1)Cc1cccn1C)C(=O)c1ccc([N+](=O)[O-])cc1Cl. The first-order valence-corrected chi connectivity index (χ1v) is 10.8. The Labute approximate surface area is 201 Å². The number of nitrogens with zero attached hydrogens (tertiary/aromatic N) is 4. The van der Waals surface area contributed by atoms with Crippen LogP contribution in [0, 0.1) is 10.1 Å². The van der Waals surface area contributed by atoms with Gasteiger partial charge in [0.05, 0.1) is 41.5 Å². The summed E-state index contributed by atoms with van der Waals surface area (Å²) in [5.41, 5.74) is 0.748. The van der Waals surface area contributed by atoms with Gasteiger partial charge in [-0.15, -0.1) is 0 Å². The van der Waals surface area contributed by atoms with E-state index in [1.165, 1.54) is 30.4 Å². The first kappa shape index (κ1) is 25.0. The van der Waals surface area contributed by atoms with Crippen molar-refractivity contribution in [1.29, 1.82) is 0 Å². The minimum absolute atomic E-state index is 0.0645. The van der Waals surface area contributed by atoms with E-state index in [0.717, 1.165) is 11.8 Å². The zero-order chi connectivity index (χ0) is 24.7. The summed E-state index contributed by atoms with van der Waals surface area (Å²) in [4.78, 5) is 39.9. The molecule has 0 N–H and O–H groups in total. The second kappa shape index (κ2) is 11.5. The molecule has 1 aromatic carbocycles. The van der Waals surface area contributed by atoms with Crippen LogP contribution in [0.25, 0.3) is 0 Å². The fourth-order valence-electron chi connectivity index (χ4n) is 3.36. The highest BCUT2D eigenvalue weighted by molar-refractivity contribution is 6.34. The van der Waals surface area contributed by atoms with Crippen LogP contribution in [-0.4, -0.2) is 57.9 Å². The number of hydrogen-bond acceptors (Lipinski definition) is 6. The number of aryl methyl sites for hydroxylation is 1. The predicted molar refractivity (Wildman–Crippen MR) is 124 cm³/mol. The highest BCUT2D eigenvalue weighted by atomic mass is 35.5. The van der Waals surface area contributed by atoms with Crippen LogP contribution in [0.5, 0.6) is 0 Å². The average Bonchev–Trinajstić information content (AvgIpc) is 3.47. The number of aromatic nitrogens is 1. The molecule has 0 unspecified atom stereocenters. The second-order valence-electron chi connectivity index (χ2n) is 7.58. The van der Waals surface area contributed by atoms with Gasteiger partial charge in [-0.1, -0.05) is 11.6 Å². The number of halogens is 1. The number of nitro groups is 1. The summed E-state index contributed by atoms with van der Waals surface area (Å²) >= 11 is 6.16. The van der Waals surface area contributed by atoms with Crippen molar-refractivity contribution in [2.24, 2.45) is 7.05 Å². The van der Waals surface area contributed by atoms with Gasteiger partial charge < -0.3 is 23.5 Å². The van der Waals surface area contributed by atoms with Crippen molar-refractivity contribution in [3.05, 3.63) is 87.1 Å². The van der Waals surface area contributed by atoms with Crippen LogP contribution in [0.2, 0.25) is 5.02 Å². The van der Waals surface area contributed by atoms with E-state index in [1.807, 2.05) is 29.9 Å². The zero-order valence-electron chi connectivity index (χ0n) is 18.8. The molecule has 11 heteroatoms. The maximum absolute atomic E-state index is 13.4. The van der Waals surface area contributed by atoms with Gasteiger partial charge in [-0.25, -0.2) is 0 Å². The molecule has 0 spiro atoms. The Kier molecular flexibility index (Phi) is 8.44. The standard InChI is InChI=1S/C23H25ClN4O6/c1-25-9-3-5-18(25)14-27(15-19-6-4-11-34-19)22(29)16-26(10-12-33-2)23(30)20-8-7-17(28(31)32)13-21(20)24/h3-9,11,13H,10,12,14-16H2,1-2H3. The molecule has 0 saturated heterocycles. The number of rotatable bonds is 11. The van der Waals surface area contributed by atoms with E-state index < -0.39 is 10.8 Å². The molecule has 2 heterocycles. The molecule has 0 aliphatic carbocycles. The summed E-state index contributed by atoms with van der Waals surface area (Å²) < 4.78 is 12.4. The average molecular weight is 489 g/mol. The molecule has 0 radical (unpaired) electrons. The van der Waals surface area contributed by atoms with E-state index in [4.69, 9.17) is 20.8 Å². The fraction of sp³-hybridized carbons (Fsp3) is 0.304. The largest absolute Gasteiger partial charge is 0.467 e. The van der Waals surface area contributed by atoms with Crippen molar-refractivity contribution < 1.29 is 23.7 Å². The third-order valence-electron chi connectivity index (χ3n) is 5.26. The number of nitro benzene ring substituents is 1. The van der Waals surface area contributed by atoms with E-state index in [-0.39, 0.29) is 48.4 Å². The topological polar surface area (TPSA) is 111 Å². The quantitative estimate of drug-likeness (QED) is 0.301. The molecule has 2 amide bonds. The van der Waals surface area contributed by atoms with Crippen LogP contribution in [0.4, 0.5) is 5.69 Å². The Morgan fingerprint density at radius 1 is 1.18 bits per heavy atom. The molecule has 3 rings (SSSR count). The van der Waals surface area contributed by atoms with Crippen molar-refractivity contribution in [3.63, 3.8) is 0 Å². The van der Waals surface area contributed by atoms with Gasteiger partial charge in [0.25, 0.3) is 11.6 Å². The Bertz CT molecular complexity index is 1140. The number of non-ortho nitro benzene ring substituents is 1. The lowest BCUT2D eigenvalue weighted by Crippen LogP contribution is -2.44. The molecule has 0 fully saturated rings. The Hall–Kier alpha value is -3.63. The summed E-state index contributed by atoms with van der Waals surface area (Å²) in [5, 5.41) is 10.9. The Balaban J connectivity index is 1.83. The van der Waals surface area contributed by atoms with Gasteiger partial charge in [0.2, 0.25) is 5.91 Å². The lowest BCUT2D eigenvalue weighted by Gasteiger charge is -2.27. The van der Waals surface area contributed by atoms with E-state index in [9.17, 15) is 19.7 Å². The zero-order valence-corrected chi connectivity index (χ0v) is 19.6. The third-order valence-corrected chi connectivity index (χ3v) is 5.57. The van der Waals surface area contributed by atoms with Gasteiger partial charge >= 0.3 is 0 Å². The Morgan fingerprint density at radius 3 is 2.56 bits per heavy atom. The maximum Gasteiger partial charge on any atom is 0.270 e. The molecular weight excluding hydrogens is 464 g/mol. The molecular formula is C23H25ClN4O6. The smallest absolute Gasteiger partial charge is 0.270 e. The molecule has 34 heavy (non-hydrogen) atoms. The number of amides is 2. The number of benzene rings is 1.